The van der Waals surface area contributed by atoms with Crippen LogP contribution in [0, 0.1) is 13.8 Å². The highest BCUT2D eigenvalue weighted by molar-refractivity contribution is 7.98. The second-order valence-electron chi connectivity index (χ2n) is 6.02. The normalized spacial score (nSPS) is 12.0. The van der Waals surface area contributed by atoms with Crippen molar-refractivity contribution in [3.63, 3.8) is 0 Å². The number of hydrogen-bond donors (Lipinski definition) is 0. The summed E-state index contributed by atoms with van der Waals surface area (Å²) in [5.41, 5.74) is 1.48. The molecule has 0 aliphatic rings. The molecule has 0 aliphatic heterocycles. The van der Waals surface area contributed by atoms with Crippen molar-refractivity contribution in [2.75, 3.05) is 0 Å². The smallest absolute Gasteiger partial charge is 0.338 e. The van der Waals surface area contributed by atoms with Gasteiger partial charge in [0, 0.05) is 17.0 Å². The van der Waals surface area contributed by atoms with Crippen LogP contribution in [-0.4, -0.2) is 29.7 Å². The molecule has 28 heavy (non-hydrogen) atoms. The molecule has 0 N–H and O–H groups in total. The Kier molecular flexibility index (Phi) is 4.53. The molecule has 0 aliphatic carbocycles. The molecular formula is C17H13F3N6OS. The fourth-order valence-corrected chi connectivity index (χ4v) is 3.23. The maximum atomic E-state index is 12.6. The summed E-state index contributed by atoms with van der Waals surface area (Å²) in [5, 5.41) is 8.71. The minimum absolute atomic E-state index is 0.223. The predicted molar refractivity (Wildman–Crippen MR) is 94.6 cm³/mol. The van der Waals surface area contributed by atoms with Crippen molar-refractivity contribution in [2.45, 2.75) is 30.9 Å². The third kappa shape index (κ3) is 3.70. The van der Waals surface area contributed by atoms with Crippen LogP contribution in [0.4, 0.5) is 13.2 Å². The molecule has 0 amide bonds. The zero-order valence-electron chi connectivity index (χ0n) is 14.7. The molecule has 7 nitrogen and oxygen atoms in total. The van der Waals surface area contributed by atoms with E-state index in [0.29, 0.717) is 28.1 Å². The highest BCUT2D eigenvalue weighted by atomic mass is 32.2. The topological polar surface area (TPSA) is 82.0 Å². The van der Waals surface area contributed by atoms with Crippen LogP contribution in [0.2, 0.25) is 0 Å². The lowest BCUT2D eigenvalue weighted by Gasteiger charge is -2.05. The minimum Gasteiger partial charge on any atom is -0.338 e. The highest BCUT2D eigenvalue weighted by Gasteiger charge is 2.30. The third-order valence-electron chi connectivity index (χ3n) is 3.86. The van der Waals surface area contributed by atoms with E-state index in [0.717, 1.165) is 23.5 Å². The van der Waals surface area contributed by atoms with Crippen LogP contribution in [0.1, 0.15) is 22.8 Å². The number of hydrogen-bond acceptors (Lipinski definition) is 7. The first-order valence-corrected chi connectivity index (χ1v) is 9.12. The lowest BCUT2D eigenvalue weighted by Crippen LogP contribution is -2.04. The van der Waals surface area contributed by atoms with Gasteiger partial charge in [-0.2, -0.15) is 23.1 Å². The highest BCUT2D eigenvalue weighted by Crippen LogP contribution is 2.30. The van der Waals surface area contributed by atoms with Crippen LogP contribution in [0.25, 0.3) is 17.2 Å². The first-order valence-electron chi connectivity index (χ1n) is 8.13. The number of thioether (sulfide) groups is 1. The van der Waals surface area contributed by atoms with E-state index in [-0.39, 0.29) is 5.82 Å². The second kappa shape index (κ2) is 6.89. The molecule has 0 bridgehead atoms. The van der Waals surface area contributed by atoms with Gasteiger partial charge in [-0.25, -0.2) is 9.50 Å². The molecule has 0 saturated carbocycles. The largest absolute Gasteiger partial charge is 0.416 e. The maximum Gasteiger partial charge on any atom is 0.416 e. The maximum absolute atomic E-state index is 12.6. The van der Waals surface area contributed by atoms with Gasteiger partial charge < -0.3 is 4.52 Å². The van der Waals surface area contributed by atoms with Crippen molar-refractivity contribution >= 4 is 17.5 Å². The van der Waals surface area contributed by atoms with Crippen molar-refractivity contribution in [1.82, 2.24) is 29.7 Å². The number of benzene rings is 1. The molecule has 4 aromatic rings. The lowest BCUT2D eigenvalue weighted by molar-refractivity contribution is -0.137. The molecule has 3 aromatic heterocycles. The average Bonchev–Trinajstić information content (AvgIpc) is 3.26. The van der Waals surface area contributed by atoms with E-state index in [9.17, 15) is 13.2 Å². The van der Waals surface area contributed by atoms with E-state index in [1.165, 1.54) is 23.9 Å². The van der Waals surface area contributed by atoms with Crippen molar-refractivity contribution in [3.05, 3.63) is 53.2 Å². The van der Waals surface area contributed by atoms with E-state index >= 15 is 0 Å². The Hall–Kier alpha value is -2.95. The molecule has 0 atom stereocenters. The van der Waals surface area contributed by atoms with Gasteiger partial charge in [0.25, 0.3) is 5.78 Å². The van der Waals surface area contributed by atoms with Gasteiger partial charge >= 0.3 is 6.18 Å². The van der Waals surface area contributed by atoms with Crippen LogP contribution in [0.5, 0.6) is 0 Å². The molecule has 4 rings (SSSR count). The Morgan fingerprint density at radius 3 is 2.54 bits per heavy atom. The van der Waals surface area contributed by atoms with Gasteiger partial charge in [-0.05, 0) is 32.0 Å². The fraction of sp³-hybridized carbons (Fsp3) is 0.235. The molecular weight excluding hydrogens is 393 g/mol. The Balaban J connectivity index is 1.47. The summed E-state index contributed by atoms with van der Waals surface area (Å²) in [7, 11) is 0. The van der Waals surface area contributed by atoms with Crippen molar-refractivity contribution < 1.29 is 17.7 Å². The Labute approximate surface area is 161 Å². The molecule has 144 valence electrons. The summed E-state index contributed by atoms with van der Waals surface area (Å²) >= 11 is 1.30. The molecule has 0 saturated heterocycles. The van der Waals surface area contributed by atoms with Gasteiger partial charge in [0.05, 0.1) is 11.3 Å². The second-order valence-corrected chi connectivity index (χ2v) is 6.96. The number of nitrogens with zero attached hydrogens (tertiary/aromatic N) is 6. The van der Waals surface area contributed by atoms with Gasteiger partial charge in [-0.15, -0.1) is 5.10 Å². The van der Waals surface area contributed by atoms with Gasteiger partial charge in [0.15, 0.2) is 0 Å². The number of aryl methyl sites for hydroxylation is 2. The Bertz CT molecular complexity index is 1140. The molecule has 0 fully saturated rings. The van der Waals surface area contributed by atoms with Gasteiger partial charge in [0.1, 0.15) is 0 Å². The van der Waals surface area contributed by atoms with Crippen molar-refractivity contribution in [1.29, 1.82) is 0 Å². The number of fused-ring (bicyclic) bond motifs is 1. The zero-order valence-corrected chi connectivity index (χ0v) is 15.5. The molecule has 1 aromatic carbocycles. The molecule has 0 radical (unpaired) electrons. The monoisotopic (exact) mass is 406 g/mol. The number of rotatable bonds is 4. The van der Waals surface area contributed by atoms with Crippen LogP contribution < -0.4 is 0 Å². The lowest BCUT2D eigenvalue weighted by atomic mass is 10.1. The third-order valence-corrected chi connectivity index (χ3v) is 4.68. The first-order chi connectivity index (χ1) is 13.3. The van der Waals surface area contributed by atoms with Crippen LogP contribution in [0.15, 0.2) is 40.0 Å². The molecule has 11 heteroatoms. The number of alkyl halides is 3. The Morgan fingerprint density at radius 1 is 1.07 bits per heavy atom. The van der Waals surface area contributed by atoms with Crippen LogP contribution in [0.3, 0.4) is 0 Å². The summed E-state index contributed by atoms with van der Waals surface area (Å²) in [6.07, 6.45) is -4.38. The minimum atomic E-state index is -4.38. The van der Waals surface area contributed by atoms with Gasteiger partial charge in [-0.1, -0.05) is 29.1 Å². The molecule has 0 unspecified atom stereocenters. The number of aromatic nitrogens is 6. The zero-order chi connectivity index (χ0) is 19.9. The quantitative estimate of drug-likeness (QED) is 0.472. The standard InChI is InChI=1S/C17H13F3N6OS/c1-9-7-10(2)26-15(21-9)23-16(24-26)28-8-13-22-14(25-27-13)11-3-5-12(6-4-11)17(18,19)20/h3-7H,8H2,1-2H3. The van der Waals surface area contributed by atoms with E-state index in [1.54, 1.807) is 4.52 Å². The van der Waals surface area contributed by atoms with Crippen molar-refractivity contribution in [3.8, 4) is 11.4 Å². The van der Waals surface area contributed by atoms with Crippen LogP contribution in [-0.2, 0) is 11.9 Å². The molecule has 0 spiro atoms. The van der Waals surface area contributed by atoms with Gasteiger partial charge in [0.2, 0.25) is 16.9 Å². The van der Waals surface area contributed by atoms with E-state index in [1.807, 2.05) is 19.9 Å². The average molecular weight is 406 g/mol. The fourth-order valence-electron chi connectivity index (χ4n) is 2.57. The SMILES string of the molecule is Cc1cc(C)n2nc(SCc3nc(-c4ccc(C(F)(F)F)cc4)no3)nc2n1. The van der Waals surface area contributed by atoms with Crippen LogP contribution >= 0.6 is 11.8 Å². The summed E-state index contributed by atoms with van der Waals surface area (Å²) in [6, 6.07) is 6.50. The predicted octanol–water partition coefficient (Wildman–Crippen LogP) is 4.10. The first kappa shape index (κ1) is 18.4. The summed E-state index contributed by atoms with van der Waals surface area (Å²) in [5.74, 6) is 1.37. The number of halogens is 3. The van der Waals surface area contributed by atoms with E-state index in [2.05, 4.69) is 25.2 Å². The summed E-state index contributed by atoms with van der Waals surface area (Å²) < 4.78 is 44.7. The van der Waals surface area contributed by atoms with E-state index in [4.69, 9.17) is 4.52 Å². The van der Waals surface area contributed by atoms with E-state index < -0.39 is 11.7 Å². The molecule has 3 heterocycles. The summed E-state index contributed by atoms with van der Waals surface area (Å²) in [6.45, 7) is 3.80. The van der Waals surface area contributed by atoms with Crippen molar-refractivity contribution in [2.24, 2.45) is 0 Å². The Morgan fingerprint density at radius 2 is 1.82 bits per heavy atom. The summed E-state index contributed by atoms with van der Waals surface area (Å²) in [4.78, 5) is 12.9. The van der Waals surface area contributed by atoms with Gasteiger partial charge in [-0.3, -0.25) is 0 Å².